The average molecular weight is 241 g/mol. The zero-order valence-corrected chi connectivity index (χ0v) is 10.5. The molecule has 4 nitrogen and oxygen atoms in total. The van der Waals surface area contributed by atoms with Gasteiger partial charge in [0.25, 0.3) is 0 Å². The molecule has 1 aliphatic rings. The van der Waals surface area contributed by atoms with Gasteiger partial charge < -0.3 is 9.80 Å². The van der Waals surface area contributed by atoms with E-state index in [1.165, 1.54) is 19.3 Å². The van der Waals surface area contributed by atoms with Crippen LogP contribution in [0.25, 0.3) is 0 Å². The highest BCUT2D eigenvalue weighted by atomic mass is 35.5. The third kappa shape index (κ3) is 2.38. The molecule has 88 valence electrons. The summed E-state index contributed by atoms with van der Waals surface area (Å²) >= 11 is 5.92. The highest BCUT2D eigenvalue weighted by molar-refractivity contribution is 6.29. The molecule has 0 saturated carbocycles. The van der Waals surface area contributed by atoms with Crippen LogP contribution < -0.4 is 9.80 Å². The maximum Gasteiger partial charge on any atom is 0.174 e. The average Bonchev–Trinajstić information content (AvgIpc) is 2.29. The summed E-state index contributed by atoms with van der Waals surface area (Å²) in [6.07, 6.45) is 3.81. The van der Waals surface area contributed by atoms with Crippen molar-refractivity contribution in [1.29, 1.82) is 0 Å². The Balaban J connectivity index is 2.32. The van der Waals surface area contributed by atoms with Gasteiger partial charge in [-0.3, -0.25) is 0 Å². The molecule has 0 aliphatic carbocycles. The number of piperidine rings is 1. The van der Waals surface area contributed by atoms with Crippen molar-refractivity contribution in [2.75, 3.05) is 37.0 Å². The molecule has 0 spiro atoms. The first-order chi connectivity index (χ1) is 7.68. The summed E-state index contributed by atoms with van der Waals surface area (Å²) in [5, 5.41) is 8.52. The van der Waals surface area contributed by atoms with Crippen molar-refractivity contribution in [3.05, 3.63) is 11.2 Å². The Kier molecular flexibility index (Phi) is 3.49. The first-order valence-electron chi connectivity index (χ1n) is 5.64. The van der Waals surface area contributed by atoms with E-state index in [-0.39, 0.29) is 0 Å². The minimum Gasteiger partial charge on any atom is -0.368 e. The zero-order chi connectivity index (χ0) is 11.5. The van der Waals surface area contributed by atoms with Crippen molar-refractivity contribution in [3.63, 3.8) is 0 Å². The van der Waals surface area contributed by atoms with Crippen LogP contribution in [0, 0.1) is 0 Å². The summed E-state index contributed by atoms with van der Waals surface area (Å²) in [5.41, 5.74) is 1.10. The minimum absolute atomic E-state index is 0.464. The van der Waals surface area contributed by atoms with Gasteiger partial charge in [0.1, 0.15) is 0 Å². The second kappa shape index (κ2) is 4.87. The van der Waals surface area contributed by atoms with E-state index < -0.39 is 0 Å². The molecule has 2 rings (SSSR count). The van der Waals surface area contributed by atoms with Gasteiger partial charge in [0, 0.05) is 33.3 Å². The van der Waals surface area contributed by atoms with Gasteiger partial charge in [-0.25, -0.2) is 0 Å². The van der Waals surface area contributed by atoms with Crippen LogP contribution in [-0.4, -0.2) is 37.4 Å². The molecule has 0 aromatic carbocycles. The standard InChI is InChI=1S/C11H17ClN4/c1-15(2)11-9(8-10(12)13-14-11)16-6-4-3-5-7-16/h8H,3-7H2,1-2H3. The van der Waals surface area contributed by atoms with Crippen LogP contribution in [0.4, 0.5) is 11.5 Å². The Morgan fingerprint density at radius 2 is 1.88 bits per heavy atom. The van der Waals surface area contributed by atoms with Crippen LogP contribution in [0.3, 0.4) is 0 Å². The number of nitrogens with zero attached hydrogens (tertiary/aromatic N) is 4. The molecule has 0 unspecified atom stereocenters. The number of aromatic nitrogens is 2. The smallest absolute Gasteiger partial charge is 0.174 e. The van der Waals surface area contributed by atoms with E-state index in [0.29, 0.717) is 5.15 Å². The normalized spacial score (nSPS) is 16.3. The number of rotatable bonds is 2. The molecule has 1 saturated heterocycles. The third-order valence-electron chi connectivity index (χ3n) is 2.85. The van der Waals surface area contributed by atoms with Crippen molar-refractivity contribution < 1.29 is 0 Å². The third-order valence-corrected chi connectivity index (χ3v) is 3.03. The van der Waals surface area contributed by atoms with Crippen LogP contribution >= 0.6 is 11.6 Å². The van der Waals surface area contributed by atoms with Crippen LogP contribution in [-0.2, 0) is 0 Å². The lowest BCUT2D eigenvalue weighted by molar-refractivity contribution is 0.576. The molecule has 5 heteroatoms. The van der Waals surface area contributed by atoms with Crippen molar-refractivity contribution in [3.8, 4) is 0 Å². The molecule has 1 aliphatic heterocycles. The van der Waals surface area contributed by atoms with Gasteiger partial charge in [-0.1, -0.05) is 11.6 Å². The van der Waals surface area contributed by atoms with Crippen LogP contribution in [0.5, 0.6) is 0 Å². The molecule has 1 aromatic heterocycles. The van der Waals surface area contributed by atoms with Crippen LogP contribution in [0.15, 0.2) is 6.07 Å². The predicted octanol–water partition coefficient (Wildman–Crippen LogP) is 2.19. The van der Waals surface area contributed by atoms with Crippen molar-refractivity contribution in [1.82, 2.24) is 10.2 Å². The highest BCUT2D eigenvalue weighted by Gasteiger charge is 2.17. The monoisotopic (exact) mass is 240 g/mol. The van der Waals surface area contributed by atoms with Gasteiger partial charge in [0.15, 0.2) is 11.0 Å². The van der Waals surface area contributed by atoms with E-state index in [0.717, 1.165) is 24.6 Å². The fourth-order valence-corrected chi connectivity index (χ4v) is 2.18. The van der Waals surface area contributed by atoms with E-state index in [2.05, 4.69) is 15.1 Å². The number of anilines is 2. The van der Waals surface area contributed by atoms with Gasteiger partial charge in [-0.05, 0) is 19.3 Å². The second-order valence-corrected chi connectivity index (χ2v) is 4.71. The Bertz CT molecular complexity index is 361. The molecular weight excluding hydrogens is 224 g/mol. The van der Waals surface area contributed by atoms with Crippen molar-refractivity contribution >= 4 is 23.1 Å². The highest BCUT2D eigenvalue weighted by Crippen LogP contribution is 2.29. The molecule has 0 radical (unpaired) electrons. The lowest BCUT2D eigenvalue weighted by Crippen LogP contribution is -2.31. The van der Waals surface area contributed by atoms with Crippen LogP contribution in [0.2, 0.25) is 5.15 Å². The largest absolute Gasteiger partial charge is 0.368 e. The Labute approximate surface area is 101 Å². The van der Waals surface area contributed by atoms with Gasteiger partial charge in [-0.2, -0.15) is 0 Å². The Morgan fingerprint density at radius 3 is 2.50 bits per heavy atom. The van der Waals surface area contributed by atoms with Crippen LogP contribution in [0.1, 0.15) is 19.3 Å². The topological polar surface area (TPSA) is 32.3 Å². The Hall–Kier alpha value is -1.03. The molecule has 0 atom stereocenters. The lowest BCUT2D eigenvalue weighted by Gasteiger charge is -2.31. The molecule has 2 heterocycles. The molecule has 0 N–H and O–H groups in total. The second-order valence-electron chi connectivity index (χ2n) is 4.32. The van der Waals surface area contributed by atoms with Gasteiger partial charge in [0.05, 0.1) is 5.69 Å². The van der Waals surface area contributed by atoms with E-state index >= 15 is 0 Å². The summed E-state index contributed by atoms with van der Waals surface area (Å²) in [6.45, 7) is 2.17. The van der Waals surface area contributed by atoms with Gasteiger partial charge >= 0.3 is 0 Å². The van der Waals surface area contributed by atoms with E-state index in [1.807, 2.05) is 25.1 Å². The fourth-order valence-electron chi connectivity index (χ4n) is 2.04. The summed E-state index contributed by atoms with van der Waals surface area (Å²) in [4.78, 5) is 4.33. The lowest BCUT2D eigenvalue weighted by atomic mass is 10.1. The number of hydrogen-bond donors (Lipinski definition) is 0. The summed E-state index contributed by atoms with van der Waals surface area (Å²) < 4.78 is 0. The number of halogens is 1. The van der Waals surface area contributed by atoms with E-state index in [4.69, 9.17) is 11.6 Å². The molecule has 0 amide bonds. The molecule has 16 heavy (non-hydrogen) atoms. The molecule has 1 aromatic rings. The maximum atomic E-state index is 5.92. The van der Waals surface area contributed by atoms with Gasteiger partial charge in [0.2, 0.25) is 0 Å². The summed E-state index contributed by atoms with van der Waals surface area (Å²) in [5.74, 6) is 0.895. The first kappa shape index (κ1) is 11.5. The quantitative estimate of drug-likeness (QED) is 0.793. The predicted molar refractivity (Wildman–Crippen MR) is 67.4 cm³/mol. The fraction of sp³-hybridized carbons (Fsp3) is 0.636. The molecule has 0 bridgehead atoms. The Morgan fingerprint density at radius 1 is 1.19 bits per heavy atom. The first-order valence-corrected chi connectivity index (χ1v) is 6.02. The SMILES string of the molecule is CN(C)c1nnc(Cl)cc1N1CCCCC1. The zero-order valence-electron chi connectivity index (χ0n) is 9.78. The molecular formula is C11H17ClN4. The van der Waals surface area contributed by atoms with Gasteiger partial charge in [-0.15, -0.1) is 10.2 Å². The van der Waals surface area contributed by atoms with Crippen molar-refractivity contribution in [2.24, 2.45) is 0 Å². The minimum atomic E-state index is 0.464. The van der Waals surface area contributed by atoms with Crippen molar-refractivity contribution in [2.45, 2.75) is 19.3 Å². The molecule has 1 fully saturated rings. The van der Waals surface area contributed by atoms with E-state index in [9.17, 15) is 0 Å². The summed E-state index contributed by atoms with van der Waals surface area (Å²) in [7, 11) is 3.96. The van der Waals surface area contributed by atoms with E-state index in [1.54, 1.807) is 0 Å². The summed E-state index contributed by atoms with van der Waals surface area (Å²) in [6, 6.07) is 1.91. The number of hydrogen-bond acceptors (Lipinski definition) is 4. The maximum absolute atomic E-state index is 5.92.